The van der Waals surface area contributed by atoms with Gasteiger partial charge in [-0.1, -0.05) is 5.37 Å². The van der Waals surface area contributed by atoms with Crippen LogP contribution in [0, 0.1) is 0 Å². The van der Waals surface area contributed by atoms with E-state index in [1.165, 1.54) is 11.5 Å². The van der Waals surface area contributed by atoms with Crippen molar-refractivity contribution in [2.45, 2.75) is 6.92 Å². The quantitative estimate of drug-likeness (QED) is 0.449. The molecule has 1 aliphatic heterocycles. The average Bonchev–Trinajstić information content (AvgIpc) is 1.90. The summed E-state index contributed by atoms with van der Waals surface area (Å²) in [5.41, 5.74) is 0. The van der Waals surface area contributed by atoms with Gasteiger partial charge in [0, 0.05) is 11.5 Å². The zero-order valence-electron chi connectivity index (χ0n) is 5.22. The lowest BCUT2D eigenvalue weighted by Crippen LogP contribution is -2.11. The number of rotatable bonds is 0. The van der Waals surface area contributed by atoms with Crippen molar-refractivity contribution < 1.29 is 4.74 Å². The third-order valence-electron chi connectivity index (χ3n) is 1.31. The molecule has 1 saturated heterocycles. The van der Waals surface area contributed by atoms with Crippen molar-refractivity contribution in [1.82, 2.24) is 0 Å². The Morgan fingerprint density at radius 1 is 1.38 bits per heavy atom. The van der Waals surface area contributed by atoms with Crippen LogP contribution in [-0.2, 0) is 4.74 Å². The molecule has 0 amide bonds. The van der Waals surface area contributed by atoms with E-state index in [-0.39, 0.29) is 0 Å². The average molecular weight is 132 g/mol. The van der Waals surface area contributed by atoms with Crippen LogP contribution in [0.4, 0.5) is 0 Å². The third kappa shape index (κ3) is 1.60. The predicted molar refractivity (Wildman–Crippen MR) is 39.9 cm³/mol. The summed E-state index contributed by atoms with van der Waals surface area (Å²) in [5, 5.41) is 2.31. The van der Waals surface area contributed by atoms with E-state index in [4.69, 9.17) is 4.74 Å². The molecule has 0 N–H and O–H groups in total. The molecule has 48 valence electrons. The van der Waals surface area contributed by atoms with Crippen molar-refractivity contribution in [1.29, 1.82) is 0 Å². The van der Waals surface area contributed by atoms with Crippen LogP contribution in [0.1, 0.15) is 6.92 Å². The molecule has 1 heterocycles. The van der Waals surface area contributed by atoms with Crippen molar-refractivity contribution in [3.63, 3.8) is 0 Å². The number of hydrogen-bond donors (Lipinski definition) is 0. The maximum atomic E-state index is 5.19. The highest BCUT2D eigenvalue weighted by Crippen LogP contribution is 2.14. The second kappa shape index (κ2) is 3.25. The standard InChI is InChI=1S/C6H12OS/c1-2-8-5-3-7-4-6-8/h2H,3-6H2,1H3. The van der Waals surface area contributed by atoms with Gasteiger partial charge in [-0.15, -0.1) is 0 Å². The second-order valence-electron chi connectivity index (χ2n) is 1.79. The number of ether oxygens (including phenoxy) is 1. The van der Waals surface area contributed by atoms with Crippen molar-refractivity contribution in [2.75, 3.05) is 24.7 Å². The maximum Gasteiger partial charge on any atom is 0.0552 e. The van der Waals surface area contributed by atoms with E-state index in [0.717, 1.165) is 13.2 Å². The molecule has 0 aliphatic carbocycles. The van der Waals surface area contributed by atoms with Crippen molar-refractivity contribution in [3.8, 4) is 0 Å². The first kappa shape index (κ1) is 6.30. The van der Waals surface area contributed by atoms with Gasteiger partial charge in [0.1, 0.15) is 0 Å². The summed E-state index contributed by atoms with van der Waals surface area (Å²) in [6, 6.07) is 0. The van der Waals surface area contributed by atoms with E-state index < -0.39 is 0 Å². The molecule has 0 radical (unpaired) electrons. The Labute approximate surface area is 53.0 Å². The van der Waals surface area contributed by atoms with Crippen LogP contribution in [0.3, 0.4) is 0 Å². The van der Waals surface area contributed by atoms with Gasteiger partial charge in [0.05, 0.1) is 13.2 Å². The van der Waals surface area contributed by atoms with Gasteiger partial charge >= 0.3 is 0 Å². The molecule has 0 unspecified atom stereocenters. The van der Waals surface area contributed by atoms with E-state index in [1.807, 2.05) is 0 Å². The Balaban J connectivity index is 2.33. The summed E-state index contributed by atoms with van der Waals surface area (Å²) < 4.78 is 5.19. The lowest BCUT2D eigenvalue weighted by Gasteiger charge is -2.14. The van der Waals surface area contributed by atoms with Crippen molar-refractivity contribution in [2.24, 2.45) is 0 Å². The summed E-state index contributed by atoms with van der Waals surface area (Å²) >= 11 is 0. The van der Waals surface area contributed by atoms with Crippen LogP contribution >= 0.6 is 10.5 Å². The molecule has 0 saturated carbocycles. The lowest BCUT2D eigenvalue weighted by molar-refractivity contribution is 0.161. The SMILES string of the molecule is CC=S1CCOCC1. The van der Waals surface area contributed by atoms with Gasteiger partial charge in [-0.2, -0.15) is 10.5 Å². The smallest absolute Gasteiger partial charge is 0.0552 e. The van der Waals surface area contributed by atoms with Crippen LogP contribution < -0.4 is 0 Å². The minimum atomic E-state index is 0.598. The van der Waals surface area contributed by atoms with E-state index in [9.17, 15) is 0 Å². The van der Waals surface area contributed by atoms with E-state index in [0.29, 0.717) is 10.5 Å². The van der Waals surface area contributed by atoms with Crippen LogP contribution in [0.2, 0.25) is 0 Å². The fourth-order valence-corrected chi connectivity index (χ4v) is 2.11. The fourth-order valence-electron chi connectivity index (χ4n) is 0.772. The van der Waals surface area contributed by atoms with Crippen LogP contribution in [0.25, 0.3) is 0 Å². The van der Waals surface area contributed by atoms with E-state index >= 15 is 0 Å². The molecule has 2 heteroatoms. The molecule has 0 atom stereocenters. The first-order chi connectivity index (χ1) is 3.93. The molecule has 8 heavy (non-hydrogen) atoms. The summed E-state index contributed by atoms with van der Waals surface area (Å²) in [5.74, 6) is 2.52. The van der Waals surface area contributed by atoms with Gasteiger partial charge in [-0.05, 0) is 6.92 Å². The molecule has 1 nitrogen and oxygen atoms in total. The Bertz CT molecular complexity index is 90.7. The maximum absolute atomic E-state index is 5.19. The molecule has 0 spiro atoms. The van der Waals surface area contributed by atoms with Crippen molar-refractivity contribution in [3.05, 3.63) is 0 Å². The summed E-state index contributed by atoms with van der Waals surface area (Å²) in [6.07, 6.45) is 0. The van der Waals surface area contributed by atoms with E-state index in [1.54, 1.807) is 0 Å². The topological polar surface area (TPSA) is 9.23 Å². The molecule has 1 rings (SSSR count). The largest absolute Gasteiger partial charge is 0.380 e. The minimum Gasteiger partial charge on any atom is -0.380 e. The Morgan fingerprint density at radius 2 is 2.00 bits per heavy atom. The fraction of sp³-hybridized carbons (Fsp3) is 0.833. The highest BCUT2D eigenvalue weighted by molar-refractivity contribution is 8.15. The Morgan fingerprint density at radius 3 is 2.38 bits per heavy atom. The summed E-state index contributed by atoms with van der Waals surface area (Å²) in [4.78, 5) is 0. The Hall–Kier alpha value is 0.180. The van der Waals surface area contributed by atoms with Gasteiger partial charge in [0.15, 0.2) is 0 Å². The predicted octanol–water partition coefficient (Wildman–Crippen LogP) is 1.11. The highest BCUT2D eigenvalue weighted by atomic mass is 32.2. The monoisotopic (exact) mass is 132 g/mol. The van der Waals surface area contributed by atoms with E-state index in [2.05, 4.69) is 12.3 Å². The van der Waals surface area contributed by atoms with Gasteiger partial charge in [0.2, 0.25) is 0 Å². The normalized spacial score (nSPS) is 23.1. The van der Waals surface area contributed by atoms with Crippen LogP contribution in [-0.4, -0.2) is 30.1 Å². The molecular weight excluding hydrogens is 120 g/mol. The van der Waals surface area contributed by atoms with Gasteiger partial charge < -0.3 is 4.74 Å². The molecule has 0 aromatic rings. The number of hydrogen-bond acceptors (Lipinski definition) is 1. The Kier molecular flexibility index (Phi) is 2.56. The molecule has 1 fully saturated rings. The van der Waals surface area contributed by atoms with Crippen molar-refractivity contribution >= 4 is 15.9 Å². The van der Waals surface area contributed by atoms with Gasteiger partial charge in [-0.3, -0.25) is 0 Å². The minimum absolute atomic E-state index is 0.598. The highest BCUT2D eigenvalue weighted by Gasteiger charge is 2.00. The third-order valence-corrected chi connectivity index (χ3v) is 3.36. The molecular formula is C6H12OS. The molecule has 0 bridgehead atoms. The molecule has 0 aromatic carbocycles. The van der Waals surface area contributed by atoms with Gasteiger partial charge in [-0.25, -0.2) is 0 Å². The van der Waals surface area contributed by atoms with Crippen LogP contribution in [0.15, 0.2) is 0 Å². The summed E-state index contributed by atoms with van der Waals surface area (Å²) in [7, 11) is 0.598. The second-order valence-corrected chi connectivity index (χ2v) is 4.16. The zero-order chi connectivity index (χ0) is 5.82. The first-order valence-corrected chi connectivity index (χ1v) is 4.59. The lowest BCUT2D eigenvalue weighted by atomic mass is 10.8. The molecule has 0 aromatic heterocycles. The van der Waals surface area contributed by atoms with Gasteiger partial charge in [0.25, 0.3) is 0 Å². The van der Waals surface area contributed by atoms with Crippen LogP contribution in [0.5, 0.6) is 0 Å². The zero-order valence-corrected chi connectivity index (χ0v) is 6.04. The summed E-state index contributed by atoms with van der Waals surface area (Å²) in [6.45, 7) is 4.11. The molecule has 1 aliphatic rings. The first-order valence-electron chi connectivity index (χ1n) is 2.97.